The van der Waals surface area contributed by atoms with Gasteiger partial charge in [-0.3, -0.25) is 4.99 Å². The molecule has 0 aliphatic carbocycles. The predicted octanol–water partition coefficient (Wildman–Crippen LogP) is 1.01. The second-order valence-electron chi connectivity index (χ2n) is 3.94. The van der Waals surface area contributed by atoms with Gasteiger partial charge in [-0.15, -0.1) is 0 Å². The largest absolute Gasteiger partial charge is 0.382 e. The van der Waals surface area contributed by atoms with Crippen molar-refractivity contribution in [1.29, 1.82) is 0 Å². The van der Waals surface area contributed by atoms with Crippen LogP contribution in [0.15, 0.2) is 35.3 Å². The Bertz CT molecular complexity index is 355. The summed E-state index contributed by atoms with van der Waals surface area (Å²) in [5.74, 6) is 0.777. The Balaban J connectivity index is 2.13. The van der Waals surface area contributed by atoms with Crippen molar-refractivity contribution in [3.05, 3.63) is 35.9 Å². The van der Waals surface area contributed by atoms with E-state index in [2.05, 4.69) is 27.8 Å². The van der Waals surface area contributed by atoms with Gasteiger partial charge in [0.1, 0.15) is 0 Å². The topological polar surface area (TPSA) is 54.9 Å². The molecule has 5 nitrogen and oxygen atoms in total. The van der Waals surface area contributed by atoms with Crippen LogP contribution in [0.4, 0.5) is 0 Å². The molecule has 0 atom stereocenters. The van der Waals surface area contributed by atoms with Crippen molar-refractivity contribution in [2.75, 3.05) is 40.5 Å². The monoisotopic (exact) mass is 265 g/mol. The molecular weight excluding hydrogens is 242 g/mol. The molecule has 0 heterocycles. The number of nitrogens with zero attached hydrogens (tertiary/aromatic N) is 1. The highest BCUT2D eigenvalue weighted by Gasteiger charge is 1.97. The summed E-state index contributed by atoms with van der Waals surface area (Å²) in [4.78, 5) is 4.15. The first-order valence-corrected chi connectivity index (χ1v) is 6.42. The highest BCUT2D eigenvalue weighted by molar-refractivity contribution is 5.79. The van der Waals surface area contributed by atoms with Gasteiger partial charge in [0.15, 0.2) is 5.96 Å². The second kappa shape index (κ2) is 10.3. The fourth-order valence-corrected chi connectivity index (χ4v) is 1.49. The van der Waals surface area contributed by atoms with Gasteiger partial charge in [0.05, 0.1) is 19.8 Å². The number of benzene rings is 1. The average Bonchev–Trinajstić information content (AvgIpc) is 2.47. The summed E-state index contributed by atoms with van der Waals surface area (Å²) in [6.07, 6.45) is 0. The van der Waals surface area contributed by atoms with Crippen LogP contribution in [0.2, 0.25) is 0 Å². The Labute approximate surface area is 115 Å². The molecule has 0 fully saturated rings. The molecule has 0 bridgehead atoms. The number of rotatable bonds is 8. The van der Waals surface area contributed by atoms with Crippen LogP contribution >= 0.6 is 0 Å². The van der Waals surface area contributed by atoms with Crippen LogP contribution in [0.25, 0.3) is 0 Å². The van der Waals surface area contributed by atoms with E-state index in [0.717, 1.165) is 19.0 Å². The van der Waals surface area contributed by atoms with Gasteiger partial charge in [-0.2, -0.15) is 0 Å². The lowest BCUT2D eigenvalue weighted by Crippen LogP contribution is -2.38. The molecule has 0 saturated carbocycles. The molecule has 0 radical (unpaired) electrons. The van der Waals surface area contributed by atoms with Crippen LogP contribution in [0.3, 0.4) is 0 Å². The summed E-state index contributed by atoms with van der Waals surface area (Å²) < 4.78 is 10.3. The number of methoxy groups -OCH3 is 1. The second-order valence-corrected chi connectivity index (χ2v) is 3.94. The van der Waals surface area contributed by atoms with E-state index >= 15 is 0 Å². The highest BCUT2D eigenvalue weighted by atomic mass is 16.5. The standard InChI is InChI=1S/C14H23N3O2/c1-15-14(16-8-9-19-11-10-18-2)17-12-13-6-4-3-5-7-13/h3-7H,8-12H2,1-2H3,(H2,15,16,17). The number of aliphatic imine (C=N–C) groups is 1. The fourth-order valence-electron chi connectivity index (χ4n) is 1.49. The molecule has 2 N–H and O–H groups in total. The maximum Gasteiger partial charge on any atom is 0.191 e. The molecule has 1 aromatic rings. The summed E-state index contributed by atoms with van der Waals surface area (Å²) in [5, 5.41) is 6.44. The van der Waals surface area contributed by atoms with E-state index < -0.39 is 0 Å². The van der Waals surface area contributed by atoms with E-state index in [1.165, 1.54) is 5.56 Å². The number of nitrogens with one attached hydrogen (secondary N) is 2. The van der Waals surface area contributed by atoms with Gasteiger partial charge < -0.3 is 20.1 Å². The van der Waals surface area contributed by atoms with Gasteiger partial charge >= 0.3 is 0 Å². The predicted molar refractivity (Wildman–Crippen MR) is 77.3 cm³/mol. The van der Waals surface area contributed by atoms with Crippen molar-refractivity contribution in [2.45, 2.75) is 6.54 Å². The lowest BCUT2D eigenvalue weighted by molar-refractivity contribution is 0.0733. The molecule has 1 aromatic carbocycles. The summed E-state index contributed by atoms with van der Waals surface area (Å²) in [7, 11) is 3.42. The maximum absolute atomic E-state index is 5.36. The van der Waals surface area contributed by atoms with E-state index in [1.54, 1.807) is 14.2 Å². The zero-order valence-electron chi connectivity index (χ0n) is 11.7. The first-order chi connectivity index (χ1) is 9.36. The maximum atomic E-state index is 5.36. The zero-order valence-corrected chi connectivity index (χ0v) is 11.7. The van der Waals surface area contributed by atoms with Crippen molar-refractivity contribution in [2.24, 2.45) is 4.99 Å². The summed E-state index contributed by atoms with van der Waals surface area (Å²) in [5.41, 5.74) is 1.22. The minimum Gasteiger partial charge on any atom is -0.382 e. The molecular formula is C14H23N3O2. The fraction of sp³-hybridized carbons (Fsp3) is 0.500. The van der Waals surface area contributed by atoms with Crippen molar-refractivity contribution in [3.8, 4) is 0 Å². The van der Waals surface area contributed by atoms with Gasteiger partial charge in [0.2, 0.25) is 0 Å². The molecule has 5 heteroatoms. The van der Waals surface area contributed by atoms with Crippen molar-refractivity contribution >= 4 is 5.96 Å². The van der Waals surface area contributed by atoms with Gasteiger partial charge in [-0.05, 0) is 5.56 Å². The van der Waals surface area contributed by atoms with Gasteiger partial charge in [0, 0.05) is 27.2 Å². The first kappa shape index (κ1) is 15.5. The molecule has 0 spiro atoms. The Morgan fingerprint density at radius 1 is 1.11 bits per heavy atom. The Hall–Kier alpha value is -1.59. The van der Waals surface area contributed by atoms with Crippen molar-refractivity contribution in [1.82, 2.24) is 10.6 Å². The number of hydrogen-bond acceptors (Lipinski definition) is 3. The Morgan fingerprint density at radius 3 is 2.58 bits per heavy atom. The normalized spacial score (nSPS) is 11.4. The molecule has 0 amide bonds. The molecule has 0 aliphatic rings. The molecule has 1 rings (SSSR count). The van der Waals surface area contributed by atoms with Crippen LogP contribution < -0.4 is 10.6 Å². The summed E-state index contributed by atoms with van der Waals surface area (Å²) in [6.45, 7) is 3.35. The summed E-state index contributed by atoms with van der Waals surface area (Å²) >= 11 is 0. The van der Waals surface area contributed by atoms with Crippen molar-refractivity contribution < 1.29 is 9.47 Å². The molecule has 19 heavy (non-hydrogen) atoms. The third kappa shape index (κ3) is 7.43. The minimum atomic E-state index is 0.619. The van der Waals surface area contributed by atoms with Crippen LogP contribution in [-0.2, 0) is 16.0 Å². The van der Waals surface area contributed by atoms with Crippen LogP contribution in [0.1, 0.15) is 5.56 Å². The Morgan fingerprint density at radius 2 is 1.89 bits per heavy atom. The van der Waals surface area contributed by atoms with E-state index in [0.29, 0.717) is 19.8 Å². The third-order valence-electron chi connectivity index (χ3n) is 2.50. The lowest BCUT2D eigenvalue weighted by Gasteiger charge is -2.12. The summed E-state index contributed by atoms with van der Waals surface area (Å²) in [6, 6.07) is 10.2. The first-order valence-electron chi connectivity index (χ1n) is 6.42. The number of ether oxygens (including phenoxy) is 2. The van der Waals surface area contributed by atoms with E-state index in [1.807, 2.05) is 18.2 Å². The van der Waals surface area contributed by atoms with Crippen molar-refractivity contribution in [3.63, 3.8) is 0 Å². The third-order valence-corrected chi connectivity index (χ3v) is 2.50. The molecule has 0 aromatic heterocycles. The number of guanidine groups is 1. The van der Waals surface area contributed by atoms with Crippen LogP contribution in [0.5, 0.6) is 0 Å². The molecule has 0 saturated heterocycles. The van der Waals surface area contributed by atoms with Crippen LogP contribution in [-0.4, -0.2) is 46.5 Å². The smallest absolute Gasteiger partial charge is 0.191 e. The molecule has 106 valence electrons. The SMILES string of the molecule is CN=C(NCCOCCOC)NCc1ccccc1. The molecule has 0 unspecified atom stereocenters. The van der Waals surface area contributed by atoms with Gasteiger partial charge in [-0.1, -0.05) is 30.3 Å². The minimum absolute atomic E-state index is 0.619. The number of hydrogen-bond donors (Lipinski definition) is 2. The average molecular weight is 265 g/mol. The van der Waals surface area contributed by atoms with E-state index in [-0.39, 0.29) is 0 Å². The lowest BCUT2D eigenvalue weighted by atomic mass is 10.2. The Kier molecular flexibility index (Phi) is 8.42. The molecule has 0 aliphatic heterocycles. The van der Waals surface area contributed by atoms with E-state index in [4.69, 9.17) is 9.47 Å². The zero-order chi connectivity index (χ0) is 13.8. The van der Waals surface area contributed by atoms with E-state index in [9.17, 15) is 0 Å². The highest BCUT2D eigenvalue weighted by Crippen LogP contribution is 1.96. The van der Waals surface area contributed by atoms with Gasteiger partial charge in [0.25, 0.3) is 0 Å². The quantitative estimate of drug-likeness (QED) is 0.418. The van der Waals surface area contributed by atoms with Gasteiger partial charge in [-0.25, -0.2) is 0 Å². The van der Waals surface area contributed by atoms with Crippen LogP contribution in [0, 0.1) is 0 Å².